The number of aromatic amines is 1. The van der Waals surface area contributed by atoms with Crippen LogP contribution in [0.25, 0.3) is 11.3 Å². The third-order valence-corrected chi connectivity index (χ3v) is 3.32. The SMILES string of the molecule is CSc1ccc(-c2cc(C(F)(F)F)cc(=O)[nH]2)cc1. The van der Waals surface area contributed by atoms with Gasteiger partial charge in [-0.2, -0.15) is 13.2 Å². The summed E-state index contributed by atoms with van der Waals surface area (Å²) in [6.45, 7) is 0. The van der Waals surface area contributed by atoms with E-state index < -0.39 is 17.3 Å². The average Bonchev–Trinajstić information content (AvgIpc) is 2.37. The fourth-order valence-electron chi connectivity index (χ4n) is 1.63. The summed E-state index contributed by atoms with van der Waals surface area (Å²) in [7, 11) is 0. The molecule has 1 N–H and O–H groups in total. The predicted octanol–water partition coefficient (Wildman–Crippen LogP) is 3.78. The molecule has 0 unspecified atom stereocenters. The molecule has 0 aliphatic carbocycles. The van der Waals surface area contributed by atoms with E-state index in [1.54, 1.807) is 24.3 Å². The van der Waals surface area contributed by atoms with Crippen molar-refractivity contribution in [2.75, 3.05) is 6.26 Å². The summed E-state index contributed by atoms with van der Waals surface area (Å²) in [5.41, 5.74) is -1.01. The van der Waals surface area contributed by atoms with Crippen LogP contribution < -0.4 is 5.56 Å². The number of halogens is 3. The van der Waals surface area contributed by atoms with Crippen LogP contribution in [0.1, 0.15) is 5.56 Å². The van der Waals surface area contributed by atoms with Crippen molar-refractivity contribution < 1.29 is 13.2 Å². The van der Waals surface area contributed by atoms with Gasteiger partial charge in [0, 0.05) is 16.7 Å². The second kappa shape index (κ2) is 5.13. The van der Waals surface area contributed by atoms with Gasteiger partial charge in [-0.15, -0.1) is 11.8 Å². The monoisotopic (exact) mass is 285 g/mol. The Kier molecular flexibility index (Phi) is 3.71. The predicted molar refractivity (Wildman–Crippen MR) is 69.3 cm³/mol. The summed E-state index contributed by atoms with van der Waals surface area (Å²) in [6.07, 6.45) is -2.62. The Morgan fingerprint density at radius 1 is 1.11 bits per heavy atom. The second-order valence-electron chi connectivity index (χ2n) is 3.87. The lowest BCUT2D eigenvalue weighted by atomic mass is 10.1. The van der Waals surface area contributed by atoms with Crippen LogP contribution in [0.2, 0.25) is 0 Å². The van der Waals surface area contributed by atoms with Crippen LogP contribution in [0.15, 0.2) is 46.1 Å². The van der Waals surface area contributed by atoms with Gasteiger partial charge < -0.3 is 4.98 Å². The molecule has 100 valence electrons. The minimum atomic E-state index is -4.53. The van der Waals surface area contributed by atoms with E-state index in [4.69, 9.17) is 0 Å². The van der Waals surface area contributed by atoms with Gasteiger partial charge in [-0.25, -0.2) is 0 Å². The molecule has 1 aromatic heterocycles. The normalized spacial score (nSPS) is 11.6. The van der Waals surface area contributed by atoms with Crippen LogP contribution in [-0.2, 0) is 6.18 Å². The van der Waals surface area contributed by atoms with E-state index in [2.05, 4.69) is 4.98 Å². The summed E-state index contributed by atoms with van der Waals surface area (Å²) in [5, 5.41) is 0. The van der Waals surface area contributed by atoms with Crippen molar-refractivity contribution in [3.63, 3.8) is 0 Å². The van der Waals surface area contributed by atoms with E-state index in [0.717, 1.165) is 11.0 Å². The summed E-state index contributed by atoms with van der Waals surface area (Å²) >= 11 is 1.53. The molecule has 0 saturated heterocycles. The number of nitrogens with one attached hydrogen (secondary N) is 1. The minimum Gasteiger partial charge on any atom is -0.322 e. The van der Waals surface area contributed by atoms with E-state index >= 15 is 0 Å². The summed E-state index contributed by atoms with van der Waals surface area (Å²) in [5.74, 6) is 0. The molecule has 2 nitrogen and oxygen atoms in total. The van der Waals surface area contributed by atoms with Crippen LogP contribution in [0, 0.1) is 0 Å². The molecule has 2 aromatic rings. The highest BCUT2D eigenvalue weighted by molar-refractivity contribution is 7.98. The van der Waals surface area contributed by atoms with Gasteiger partial charge >= 0.3 is 6.18 Å². The molecule has 0 spiro atoms. The van der Waals surface area contributed by atoms with E-state index in [-0.39, 0.29) is 5.69 Å². The van der Waals surface area contributed by atoms with Crippen molar-refractivity contribution in [1.82, 2.24) is 4.98 Å². The third kappa shape index (κ3) is 3.20. The van der Waals surface area contributed by atoms with Crippen molar-refractivity contribution in [1.29, 1.82) is 0 Å². The first kappa shape index (κ1) is 13.7. The van der Waals surface area contributed by atoms with Crippen LogP contribution in [-0.4, -0.2) is 11.2 Å². The smallest absolute Gasteiger partial charge is 0.322 e. The van der Waals surface area contributed by atoms with E-state index in [9.17, 15) is 18.0 Å². The van der Waals surface area contributed by atoms with Gasteiger partial charge in [0.2, 0.25) is 5.56 Å². The van der Waals surface area contributed by atoms with Crippen LogP contribution in [0.3, 0.4) is 0 Å². The maximum absolute atomic E-state index is 12.6. The van der Waals surface area contributed by atoms with Crippen molar-refractivity contribution >= 4 is 11.8 Å². The summed E-state index contributed by atoms with van der Waals surface area (Å²) in [4.78, 5) is 14.7. The molecule has 0 bridgehead atoms. The molecular weight excluding hydrogens is 275 g/mol. The zero-order valence-corrected chi connectivity index (χ0v) is 10.7. The number of alkyl halides is 3. The molecule has 1 aromatic carbocycles. The largest absolute Gasteiger partial charge is 0.416 e. The molecule has 0 radical (unpaired) electrons. The van der Waals surface area contributed by atoms with Gasteiger partial charge in [0.05, 0.1) is 5.56 Å². The van der Waals surface area contributed by atoms with Crippen molar-refractivity contribution in [2.24, 2.45) is 0 Å². The summed E-state index contributed by atoms with van der Waals surface area (Å²) < 4.78 is 37.9. The Morgan fingerprint density at radius 3 is 2.26 bits per heavy atom. The molecule has 0 atom stereocenters. The Labute approximate surface area is 111 Å². The van der Waals surface area contributed by atoms with Gasteiger partial charge in [0.25, 0.3) is 0 Å². The Morgan fingerprint density at radius 2 is 1.74 bits per heavy atom. The van der Waals surface area contributed by atoms with Crippen molar-refractivity contribution in [2.45, 2.75) is 11.1 Å². The van der Waals surface area contributed by atoms with Crippen LogP contribution in [0.4, 0.5) is 13.2 Å². The lowest BCUT2D eigenvalue weighted by Gasteiger charge is -2.08. The van der Waals surface area contributed by atoms with E-state index in [1.807, 2.05) is 6.26 Å². The maximum Gasteiger partial charge on any atom is 0.416 e. The van der Waals surface area contributed by atoms with Gasteiger partial charge in [0.1, 0.15) is 0 Å². The fraction of sp³-hybridized carbons (Fsp3) is 0.154. The number of hydrogen-bond acceptors (Lipinski definition) is 2. The average molecular weight is 285 g/mol. The van der Waals surface area contributed by atoms with Crippen LogP contribution in [0.5, 0.6) is 0 Å². The first-order valence-electron chi connectivity index (χ1n) is 5.36. The number of H-pyrrole nitrogens is 1. The Bertz CT molecular complexity index is 632. The molecule has 6 heteroatoms. The first-order valence-corrected chi connectivity index (χ1v) is 6.58. The molecule has 0 aliphatic rings. The number of hydrogen-bond donors (Lipinski definition) is 1. The lowest BCUT2D eigenvalue weighted by molar-refractivity contribution is -0.137. The zero-order chi connectivity index (χ0) is 14.0. The minimum absolute atomic E-state index is 0.160. The van der Waals surface area contributed by atoms with Gasteiger partial charge in [-0.3, -0.25) is 4.79 Å². The van der Waals surface area contributed by atoms with Gasteiger partial charge in [-0.05, 0) is 30.0 Å². The Balaban J connectivity index is 2.49. The zero-order valence-electron chi connectivity index (χ0n) is 9.91. The topological polar surface area (TPSA) is 32.9 Å². The van der Waals surface area contributed by atoms with Gasteiger partial charge in [-0.1, -0.05) is 12.1 Å². The van der Waals surface area contributed by atoms with Crippen LogP contribution >= 0.6 is 11.8 Å². The second-order valence-corrected chi connectivity index (χ2v) is 4.75. The maximum atomic E-state index is 12.6. The lowest BCUT2D eigenvalue weighted by Crippen LogP contribution is -2.13. The highest BCUT2D eigenvalue weighted by Gasteiger charge is 2.31. The third-order valence-electron chi connectivity index (χ3n) is 2.57. The molecule has 0 aliphatic heterocycles. The number of benzene rings is 1. The molecule has 0 fully saturated rings. The number of aromatic nitrogens is 1. The first-order chi connectivity index (χ1) is 8.90. The summed E-state index contributed by atoms with van der Waals surface area (Å²) in [6, 6.07) is 8.43. The molecular formula is C13H10F3NOS. The Hall–Kier alpha value is -1.69. The number of rotatable bonds is 2. The van der Waals surface area contributed by atoms with E-state index in [1.165, 1.54) is 11.8 Å². The molecule has 2 rings (SSSR count). The standard InChI is InChI=1S/C13H10F3NOS/c1-19-10-4-2-8(3-5-10)11-6-9(13(14,15)16)7-12(18)17-11/h2-7H,1H3,(H,17,18). The van der Waals surface area contributed by atoms with Gasteiger partial charge in [0.15, 0.2) is 0 Å². The highest BCUT2D eigenvalue weighted by atomic mass is 32.2. The highest BCUT2D eigenvalue weighted by Crippen LogP contribution is 2.30. The fourth-order valence-corrected chi connectivity index (χ4v) is 2.04. The number of thioether (sulfide) groups is 1. The van der Waals surface area contributed by atoms with Crippen molar-refractivity contribution in [3.8, 4) is 11.3 Å². The van der Waals surface area contributed by atoms with Crippen molar-refractivity contribution in [3.05, 3.63) is 52.3 Å². The molecule has 1 heterocycles. The molecule has 19 heavy (non-hydrogen) atoms. The molecule has 0 saturated carbocycles. The number of pyridine rings is 1. The quantitative estimate of drug-likeness (QED) is 0.852. The molecule has 0 amide bonds. The van der Waals surface area contributed by atoms with E-state index in [0.29, 0.717) is 11.6 Å².